The third-order valence-corrected chi connectivity index (χ3v) is 7.26. The molecule has 1 aromatic heterocycles. The Kier molecular flexibility index (Phi) is 8.88. The van der Waals surface area contributed by atoms with Gasteiger partial charge in [-0.15, -0.1) is 11.3 Å². The van der Waals surface area contributed by atoms with Gasteiger partial charge in [0.2, 0.25) is 0 Å². The van der Waals surface area contributed by atoms with E-state index in [1.807, 2.05) is 31.2 Å². The third-order valence-electron chi connectivity index (χ3n) is 6.38. The van der Waals surface area contributed by atoms with Gasteiger partial charge in [0.1, 0.15) is 0 Å². The van der Waals surface area contributed by atoms with E-state index in [9.17, 15) is 4.79 Å². The Balaban J connectivity index is 1.44. The van der Waals surface area contributed by atoms with Crippen LogP contribution in [0.2, 0.25) is 0 Å². The number of ether oxygens (including phenoxy) is 1. The monoisotopic (exact) mass is 488 g/mol. The summed E-state index contributed by atoms with van der Waals surface area (Å²) in [4.78, 5) is 21.8. The van der Waals surface area contributed by atoms with Crippen molar-refractivity contribution in [1.82, 2.24) is 9.88 Å². The van der Waals surface area contributed by atoms with Crippen LogP contribution >= 0.6 is 11.3 Å². The molecule has 0 N–H and O–H groups in total. The summed E-state index contributed by atoms with van der Waals surface area (Å²) in [7, 11) is 0. The molecule has 0 saturated carbocycles. The summed E-state index contributed by atoms with van der Waals surface area (Å²) in [6.07, 6.45) is 3.30. The van der Waals surface area contributed by atoms with Crippen molar-refractivity contribution in [3.05, 3.63) is 71.1 Å². The number of nitriles is 1. The van der Waals surface area contributed by atoms with Gasteiger partial charge in [-0.2, -0.15) is 5.26 Å². The SMILES string of the molecule is CCOC(=O)CCCN(c1nc(-c2ccc(C#N)cc2)cs1)C1CCN(Cc2ccccc2)CC1. The molecule has 0 aliphatic carbocycles. The van der Waals surface area contributed by atoms with Crippen LogP contribution in [-0.2, 0) is 16.1 Å². The molecule has 6 nitrogen and oxygen atoms in total. The maximum absolute atomic E-state index is 11.9. The molecule has 0 spiro atoms. The lowest BCUT2D eigenvalue weighted by Crippen LogP contribution is -2.45. The summed E-state index contributed by atoms with van der Waals surface area (Å²) in [5.74, 6) is -0.137. The molecule has 1 aliphatic rings. The van der Waals surface area contributed by atoms with Crippen molar-refractivity contribution in [2.24, 2.45) is 0 Å². The topological polar surface area (TPSA) is 69.5 Å². The van der Waals surface area contributed by atoms with Gasteiger partial charge in [0.25, 0.3) is 0 Å². The van der Waals surface area contributed by atoms with Crippen molar-refractivity contribution < 1.29 is 9.53 Å². The Morgan fingerprint density at radius 1 is 1.17 bits per heavy atom. The molecular formula is C28H32N4O2S. The van der Waals surface area contributed by atoms with E-state index in [0.29, 0.717) is 24.6 Å². The van der Waals surface area contributed by atoms with Crippen LogP contribution in [0.15, 0.2) is 60.0 Å². The standard InChI is InChI=1S/C28H32N4O2S/c1-2-34-27(33)9-6-16-32(25-14-17-31(18-15-25)20-23-7-4-3-5-8-23)28-30-26(21-35-28)24-12-10-22(19-29)11-13-24/h3-5,7-8,10-13,21,25H,2,6,9,14-18,20H2,1H3. The molecule has 0 amide bonds. The van der Waals surface area contributed by atoms with Crippen LogP contribution in [0.5, 0.6) is 0 Å². The molecule has 4 rings (SSSR count). The van der Waals surface area contributed by atoms with E-state index in [4.69, 9.17) is 15.0 Å². The molecule has 2 aromatic carbocycles. The minimum atomic E-state index is -0.137. The Morgan fingerprint density at radius 3 is 2.60 bits per heavy atom. The molecule has 182 valence electrons. The Bertz CT molecular complexity index is 1120. The fourth-order valence-electron chi connectivity index (χ4n) is 4.54. The molecule has 0 bridgehead atoms. The fraction of sp³-hybridized carbons (Fsp3) is 0.393. The van der Waals surface area contributed by atoms with Crippen LogP contribution in [-0.4, -0.2) is 48.1 Å². The molecule has 3 aromatic rings. The van der Waals surface area contributed by atoms with Gasteiger partial charge in [0.05, 0.1) is 23.9 Å². The number of piperidine rings is 1. The predicted octanol–water partition coefficient (Wildman–Crippen LogP) is 5.50. The highest BCUT2D eigenvalue weighted by Gasteiger charge is 2.27. The minimum absolute atomic E-state index is 0.137. The number of hydrogen-bond acceptors (Lipinski definition) is 7. The second kappa shape index (κ2) is 12.5. The molecular weight excluding hydrogens is 456 g/mol. The van der Waals surface area contributed by atoms with Crippen molar-refractivity contribution in [2.75, 3.05) is 31.1 Å². The van der Waals surface area contributed by atoms with Crippen LogP contribution < -0.4 is 4.90 Å². The van der Waals surface area contributed by atoms with Crippen LogP contribution in [0, 0.1) is 11.3 Å². The Hall–Kier alpha value is -3.21. The first-order valence-electron chi connectivity index (χ1n) is 12.3. The van der Waals surface area contributed by atoms with Crippen molar-refractivity contribution in [3.63, 3.8) is 0 Å². The minimum Gasteiger partial charge on any atom is -0.466 e. The van der Waals surface area contributed by atoms with Crippen LogP contribution in [0.4, 0.5) is 5.13 Å². The van der Waals surface area contributed by atoms with Gasteiger partial charge >= 0.3 is 5.97 Å². The average Bonchev–Trinajstić information content (AvgIpc) is 3.38. The van der Waals surface area contributed by atoms with Crippen molar-refractivity contribution in [2.45, 2.75) is 45.2 Å². The number of hydrogen-bond donors (Lipinski definition) is 0. The maximum atomic E-state index is 11.9. The van der Waals surface area contributed by atoms with Crippen LogP contribution in [0.25, 0.3) is 11.3 Å². The van der Waals surface area contributed by atoms with Gasteiger partial charge in [-0.3, -0.25) is 9.69 Å². The van der Waals surface area contributed by atoms with Gasteiger partial charge in [-0.05, 0) is 43.9 Å². The first-order valence-corrected chi connectivity index (χ1v) is 13.2. The predicted molar refractivity (Wildman–Crippen MR) is 140 cm³/mol. The number of likely N-dealkylation sites (tertiary alicyclic amines) is 1. The lowest BCUT2D eigenvalue weighted by Gasteiger charge is -2.38. The first kappa shape index (κ1) is 24.9. The van der Waals surface area contributed by atoms with Gasteiger partial charge < -0.3 is 9.64 Å². The number of carbonyl (C=O) groups is 1. The first-order chi connectivity index (χ1) is 17.2. The van der Waals surface area contributed by atoms with Crippen molar-refractivity contribution in [3.8, 4) is 17.3 Å². The number of thiazole rings is 1. The van der Waals surface area contributed by atoms with E-state index in [2.05, 4.69) is 51.6 Å². The number of rotatable bonds is 10. The normalized spacial score (nSPS) is 14.4. The van der Waals surface area contributed by atoms with E-state index in [-0.39, 0.29) is 5.97 Å². The largest absolute Gasteiger partial charge is 0.466 e. The number of nitrogens with zero attached hydrogens (tertiary/aromatic N) is 4. The fourth-order valence-corrected chi connectivity index (χ4v) is 5.47. The highest BCUT2D eigenvalue weighted by molar-refractivity contribution is 7.14. The number of benzene rings is 2. The average molecular weight is 489 g/mol. The molecule has 0 unspecified atom stereocenters. The zero-order chi connectivity index (χ0) is 24.5. The second-order valence-corrected chi connectivity index (χ2v) is 9.64. The molecule has 0 atom stereocenters. The van der Waals surface area contributed by atoms with Gasteiger partial charge in [-0.25, -0.2) is 4.98 Å². The summed E-state index contributed by atoms with van der Waals surface area (Å²) in [6.45, 7) is 6.11. The smallest absolute Gasteiger partial charge is 0.305 e. The Morgan fingerprint density at radius 2 is 1.91 bits per heavy atom. The molecule has 35 heavy (non-hydrogen) atoms. The zero-order valence-corrected chi connectivity index (χ0v) is 21.0. The van der Waals surface area contributed by atoms with Crippen LogP contribution in [0.3, 0.4) is 0 Å². The molecule has 1 fully saturated rings. The molecule has 1 aliphatic heterocycles. The highest BCUT2D eigenvalue weighted by Crippen LogP contribution is 2.31. The van der Waals surface area contributed by atoms with Crippen molar-refractivity contribution >= 4 is 22.4 Å². The summed E-state index contributed by atoms with van der Waals surface area (Å²) >= 11 is 1.65. The van der Waals surface area contributed by atoms with E-state index >= 15 is 0 Å². The van der Waals surface area contributed by atoms with Crippen molar-refractivity contribution in [1.29, 1.82) is 5.26 Å². The summed E-state index contributed by atoms with van der Waals surface area (Å²) < 4.78 is 5.13. The second-order valence-electron chi connectivity index (χ2n) is 8.80. The Labute approximate surface area is 211 Å². The molecule has 1 saturated heterocycles. The zero-order valence-electron chi connectivity index (χ0n) is 20.2. The number of carbonyl (C=O) groups excluding carboxylic acids is 1. The van der Waals surface area contributed by atoms with E-state index in [1.165, 1.54) is 5.56 Å². The third kappa shape index (κ3) is 6.91. The van der Waals surface area contributed by atoms with E-state index in [1.54, 1.807) is 11.3 Å². The van der Waals surface area contributed by atoms with Gasteiger partial charge in [0, 0.05) is 49.6 Å². The summed E-state index contributed by atoms with van der Waals surface area (Å²) in [5.41, 5.74) is 3.93. The van der Waals surface area contributed by atoms with Gasteiger partial charge in [0.15, 0.2) is 5.13 Å². The van der Waals surface area contributed by atoms with E-state index < -0.39 is 0 Å². The summed E-state index contributed by atoms with van der Waals surface area (Å²) in [6, 6.07) is 20.7. The molecule has 0 radical (unpaired) electrons. The van der Waals surface area contributed by atoms with Crippen LogP contribution in [0.1, 0.15) is 43.7 Å². The lowest BCUT2D eigenvalue weighted by atomic mass is 10.0. The quantitative estimate of drug-likeness (QED) is 0.351. The molecule has 2 heterocycles. The number of esters is 1. The molecule has 7 heteroatoms. The van der Waals surface area contributed by atoms with Gasteiger partial charge in [-0.1, -0.05) is 42.5 Å². The summed E-state index contributed by atoms with van der Waals surface area (Å²) in [5, 5.41) is 12.1. The number of aromatic nitrogens is 1. The number of anilines is 1. The highest BCUT2D eigenvalue weighted by atomic mass is 32.1. The van der Waals surface area contributed by atoms with E-state index in [0.717, 1.165) is 61.8 Å². The maximum Gasteiger partial charge on any atom is 0.305 e. The lowest BCUT2D eigenvalue weighted by molar-refractivity contribution is -0.143.